The first-order valence-electron chi connectivity index (χ1n) is 9.18. The molecule has 0 radical (unpaired) electrons. The van der Waals surface area contributed by atoms with E-state index in [-0.39, 0.29) is 34.8 Å². The van der Waals surface area contributed by atoms with Gasteiger partial charge >= 0.3 is 6.03 Å². The molecule has 9 heteroatoms. The summed E-state index contributed by atoms with van der Waals surface area (Å²) in [5.41, 5.74) is 0.895. The minimum absolute atomic E-state index is 0.0460. The highest BCUT2D eigenvalue weighted by atomic mass is 35.5. The van der Waals surface area contributed by atoms with Crippen LogP contribution in [0.25, 0.3) is 0 Å². The third kappa shape index (κ3) is 3.95. The van der Waals surface area contributed by atoms with Crippen LogP contribution < -0.4 is 14.5 Å². The van der Waals surface area contributed by atoms with Gasteiger partial charge in [0.15, 0.2) is 0 Å². The molecule has 0 saturated carbocycles. The number of hydrogen-bond donors (Lipinski definition) is 1. The van der Waals surface area contributed by atoms with E-state index in [1.807, 2.05) is 13.8 Å². The molecule has 1 atom stereocenters. The number of halogens is 1. The van der Waals surface area contributed by atoms with Gasteiger partial charge in [-0.3, -0.25) is 9.69 Å². The van der Waals surface area contributed by atoms with Gasteiger partial charge in [-0.2, -0.15) is 4.31 Å². The number of sulfonamides is 1. The van der Waals surface area contributed by atoms with Crippen molar-refractivity contribution < 1.29 is 18.0 Å². The quantitative estimate of drug-likeness (QED) is 0.775. The monoisotopic (exact) mass is 435 g/mol. The second-order valence-corrected chi connectivity index (χ2v) is 9.11. The maximum Gasteiger partial charge on any atom is 0.343 e. The third-order valence-corrected chi connectivity index (χ3v) is 6.76. The molecule has 1 heterocycles. The van der Waals surface area contributed by atoms with Gasteiger partial charge in [0.1, 0.15) is 11.4 Å². The number of carbonyl (C=O) groups excluding carboxylic acids is 2. The Morgan fingerprint density at radius 1 is 1.17 bits per heavy atom. The number of hydrogen-bond acceptors (Lipinski definition) is 4. The molecular formula is C20H22ClN3O4S. The summed E-state index contributed by atoms with van der Waals surface area (Å²) in [4.78, 5) is 26.9. The number of aryl methyl sites for hydroxylation is 1. The van der Waals surface area contributed by atoms with Gasteiger partial charge in [0, 0.05) is 11.1 Å². The fourth-order valence-electron chi connectivity index (χ4n) is 3.06. The second kappa shape index (κ2) is 8.04. The standard InChI is InChI=1S/C20H22ClN3O4S/c1-4-14(3)22-19(25)12-23-16-7-5-6-8-18(16)29(27,28)24(20(23)26)17-11-15(21)10-9-13(17)2/h5-11,14H,4,12H2,1-3H3,(H,22,25)/t14-/m0/s1. The first kappa shape index (κ1) is 21.1. The number of benzene rings is 2. The third-order valence-electron chi connectivity index (χ3n) is 4.79. The van der Waals surface area contributed by atoms with Gasteiger partial charge in [0.2, 0.25) is 5.91 Å². The molecule has 1 N–H and O–H groups in total. The van der Waals surface area contributed by atoms with Crippen molar-refractivity contribution in [2.75, 3.05) is 15.7 Å². The van der Waals surface area contributed by atoms with Crippen LogP contribution >= 0.6 is 11.6 Å². The SMILES string of the molecule is CC[C@H](C)NC(=O)CN1C(=O)N(c2cc(Cl)ccc2C)S(=O)(=O)c2ccccc21. The van der Waals surface area contributed by atoms with Crippen LogP contribution in [0.15, 0.2) is 47.4 Å². The van der Waals surface area contributed by atoms with E-state index in [9.17, 15) is 18.0 Å². The molecular weight excluding hydrogens is 414 g/mol. The Hall–Kier alpha value is -2.58. The van der Waals surface area contributed by atoms with E-state index in [4.69, 9.17) is 11.6 Å². The Morgan fingerprint density at radius 2 is 1.86 bits per heavy atom. The fourth-order valence-corrected chi connectivity index (χ4v) is 4.88. The van der Waals surface area contributed by atoms with Gasteiger partial charge in [-0.05, 0) is 50.1 Å². The molecule has 1 aliphatic rings. The van der Waals surface area contributed by atoms with Crippen molar-refractivity contribution in [2.45, 2.75) is 38.1 Å². The summed E-state index contributed by atoms with van der Waals surface area (Å²) in [6.45, 7) is 5.18. The van der Waals surface area contributed by atoms with Crippen molar-refractivity contribution >= 4 is 44.9 Å². The summed E-state index contributed by atoms with van der Waals surface area (Å²) in [6, 6.07) is 9.94. The molecule has 154 valence electrons. The van der Waals surface area contributed by atoms with E-state index >= 15 is 0 Å². The lowest BCUT2D eigenvalue weighted by molar-refractivity contribution is -0.120. The van der Waals surface area contributed by atoms with Crippen LogP contribution in [0.4, 0.5) is 16.2 Å². The summed E-state index contributed by atoms with van der Waals surface area (Å²) >= 11 is 6.06. The van der Waals surface area contributed by atoms with Crippen molar-refractivity contribution in [3.63, 3.8) is 0 Å². The van der Waals surface area contributed by atoms with Crippen molar-refractivity contribution in [1.29, 1.82) is 0 Å². The predicted octanol–water partition coefficient (Wildman–Crippen LogP) is 3.70. The van der Waals surface area contributed by atoms with Crippen LogP contribution in [0.3, 0.4) is 0 Å². The molecule has 29 heavy (non-hydrogen) atoms. The Labute approximate surface area is 175 Å². The largest absolute Gasteiger partial charge is 0.352 e. The number of nitrogens with one attached hydrogen (secondary N) is 1. The maximum absolute atomic E-state index is 13.3. The molecule has 1 aliphatic heterocycles. The minimum atomic E-state index is -4.17. The number of carbonyl (C=O) groups is 2. The van der Waals surface area contributed by atoms with Crippen LogP contribution in [-0.4, -0.2) is 32.9 Å². The number of para-hydroxylation sites is 1. The average molecular weight is 436 g/mol. The van der Waals surface area contributed by atoms with Crippen LogP contribution in [0.5, 0.6) is 0 Å². The number of fused-ring (bicyclic) bond motifs is 1. The summed E-state index contributed by atoms with van der Waals surface area (Å²) < 4.78 is 27.3. The predicted molar refractivity (Wildman–Crippen MR) is 113 cm³/mol. The highest BCUT2D eigenvalue weighted by molar-refractivity contribution is 7.94. The molecule has 3 amide bonds. The molecule has 0 aromatic heterocycles. The van der Waals surface area contributed by atoms with Crippen LogP contribution in [-0.2, 0) is 14.8 Å². The number of nitrogens with zero attached hydrogens (tertiary/aromatic N) is 2. The molecule has 2 aromatic rings. The highest BCUT2D eigenvalue weighted by Crippen LogP contribution is 2.38. The smallest absolute Gasteiger partial charge is 0.343 e. The van der Waals surface area contributed by atoms with Gasteiger partial charge in [-0.15, -0.1) is 0 Å². The second-order valence-electron chi connectivity index (χ2n) is 6.91. The van der Waals surface area contributed by atoms with Crippen molar-refractivity contribution in [3.8, 4) is 0 Å². The molecule has 3 rings (SSSR count). The van der Waals surface area contributed by atoms with Crippen molar-refractivity contribution in [1.82, 2.24) is 5.32 Å². The summed E-state index contributed by atoms with van der Waals surface area (Å²) in [5, 5.41) is 3.10. The van der Waals surface area contributed by atoms with Crippen LogP contribution in [0, 0.1) is 6.92 Å². The molecule has 0 aliphatic carbocycles. The van der Waals surface area contributed by atoms with Crippen LogP contribution in [0.2, 0.25) is 5.02 Å². The Kier molecular flexibility index (Phi) is 5.86. The lowest BCUT2D eigenvalue weighted by Crippen LogP contribution is -2.54. The minimum Gasteiger partial charge on any atom is -0.352 e. The zero-order valence-electron chi connectivity index (χ0n) is 16.3. The summed E-state index contributed by atoms with van der Waals surface area (Å²) in [5.74, 6) is -0.371. The zero-order valence-corrected chi connectivity index (χ0v) is 17.9. The Morgan fingerprint density at radius 3 is 2.55 bits per heavy atom. The normalized spacial score (nSPS) is 16.3. The topological polar surface area (TPSA) is 86.8 Å². The van der Waals surface area contributed by atoms with Gasteiger partial charge in [-0.1, -0.05) is 36.7 Å². The molecule has 0 saturated heterocycles. The molecule has 0 fully saturated rings. The van der Waals surface area contributed by atoms with Gasteiger partial charge in [0.25, 0.3) is 10.0 Å². The zero-order chi connectivity index (χ0) is 21.3. The molecule has 7 nitrogen and oxygen atoms in total. The van der Waals surface area contributed by atoms with E-state index in [0.717, 1.165) is 6.42 Å². The lowest BCUT2D eigenvalue weighted by Gasteiger charge is -2.36. The fraction of sp³-hybridized carbons (Fsp3) is 0.300. The van der Waals surface area contributed by atoms with E-state index < -0.39 is 16.1 Å². The van der Waals surface area contributed by atoms with E-state index in [2.05, 4.69) is 5.32 Å². The van der Waals surface area contributed by atoms with E-state index in [0.29, 0.717) is 14.9 Å². The van der Waals surface area contributed by atoms with Gasteiger partial charge in [-0.25, -0.2) is 13.2 Å². The Bertz CT molecular complexity index is 1070. The average Bonchev–Trinajstić information content (AvgIpc) is 2.67. The van der Waals surface area contributed by atoms with E-state index in [1.54, 1.807) is 31.2 Å². The molecule has 0 bridgehead atoms. The van der Waals surface area contributed by atoms with Crippen molar-refractivity contribution in [3.05, 3.63) is 53.1 Å². The first-order valence-corrected chi connectivity index (χ1v) is 11.0. The molecule has 0 spiro atoms. The number of rotatable bonds is 5. The van der Waals surface area contributed by atoms with Crippen molar-refractivity contribution in [2.24, 2.45) is 0 Å². The highest BCUT2D eigenvalue weighted by Gasteiger charge is 2.43. The number of amides is 3. The molecule has 0 unspecified atom stereocenters. The number of urea groups is 1. The lowest BCUT2D eigenvalue weighted by atomic mass is 10.2. The van der Waals surface area contributed by atoms with E-state index in [1.165, 1.54) is 23.1 Å². The van der Waals surface area contributed by atoms with Gasteiger partial charge < -0.3 is 5.32 Å². The molecule has 2 aromatic carbocycles. The van der Waals surface area contributed by atoms with Crippen LogP contribution in [0.1, 0.15) is 25.8 Å². The Balaban J connectivity index is 2.12. The summed E-state index contributed by atoms with van der Waals surface area (Å²) in [6.07, 6.45) is 0.735. The maximum atomic E-state index is 13.3. The summed E-state index contributed by atoms with van der Waals surface area (Å²) in [7, 11) is -4.17. The number of anilines is 2. The first-order chi connectivity index (χ1) is 13.7. The van der Waals surface area contributed by atoms with Gasteiger partial charge in [0.05, 0.1) is 11.4 Å².